The third-order valence-corrected chi connectivity index (χ3v) is 4.31. The van der Waals surface area contributed by atoms with E-state index in [1.165, 1.54) is 10.6 Å². The summed E-state index contributed by atoms with van der Waals surface area (Å²) in [6.07, 6.45) is 3.65. The van der Waals surface area contributed by atoms with Crippen molar-refractivity contribution in [3.8, 4) is 0 Å². The van der Waals surface area contributed by atoms with Crippen LogP contribution in [0.15, 0.2) is 29.9 Å². The van der Waals surface area contributed by atoms with Gasteiger partial charge in [-0.2, -0.15) is 0 Å². The topological polar surface area (TPSA) is 37.8 Å². The second-order valence-electron chi connectivity index (χ2n) is 5.78. The van der Waals surface area contributed by atoms with Crippen molar-refractivity contribution in [2.45, 2.75) is 45.7 Å². The largest absolute Gasteiger partial charge is 0.305 e. The Hall–Kier alpha value is -1.26. The van der Waals surface area contributed by atoms with Crippen LogP contribution in [0.2, 0.25) is 0 Å². The smallest absolute Gasteiger partial charge is 0.0982 e. The van der Waals surface area contributed by atoms with Crippen molar-refractivity contribution in [2.24, 2.45) is 0 Å². The fourth-order valence-electron chi connectivity index (χ4n) is 1.76. The van der Waals surface area contributed by atoms with E-state index < -0.39 is 0 Å². The molecule has 0 aliphatic heterocycles. The quantitative estimate of drug-likeness (QED) is 0.925. The number of nitrogens with zero attached hydrogens (tertiary/aromatic N) is 2. The minimum Gasteiger partial charge on any atom is -0.305 e. The third kappa shape index (κ3) is 3.85. The molecular weight excluding hydrogens is 254 g/mol. The van der Waals surface area contributed by atoms with Gasteiger partial charge >= 0.3 is 0 Å². The number of nitrogens with one attached hydrogen (secondary N) is 1. The number of hydrogen-bond acceptors (Lipinski definition) is 4. The Kier molecular flexibility index (Phi) is 4.32. The molecule has 0 radical (unpaired) electrons. The molecule has 3 nitrogen and oxygen atoms in total. The monoisotopic (exact) mass is 275 g/mol. The average molecular weight is 275 g/mol. The van der Waals surface area contributed by atoms with Crippen molar-refractivity contribution in [2.75, 3.05) is 0 Å². The minimum atomic E-state index is 0.139. The van der Waals surface area contributed by atoms with Gasteiger partial charge in [-0.3, -0.25) is 4.98 Å². The molecule has 4 heteroatoms. The molecule has 2 heterocycles. The van der Waals surface area contributed by atoms with Gasteiger partial charge < -0.3 is 5.32 Å². The van der Waals surface area contributed by atoms with E-state index >= 15 is 0 Å². The first kappa shape index (κ1) is 14.2. The molecule has 0 unspecified atom stereocenters. The summed E-state index contributed by atoms with van der Waals surface area (Å²) >= 11 is 1.74. The molecular formula is C15H21N3S. The highest BCUT2D eigenvalue weighted by molar-refractivity contribution is 7.09. The molecule has 1 N–H and O–H groups in total. The van der Waals surface area contributed by atoms with Crippen molar-refractivity contribution in [1.82, 2.24) is 15.3 Å². The van der Waals surface area contributed by atoms with Crippen molar-refractivity contribution in [1.29, 1.82) is 0 Å². The summed E-state index contributed by atoms with van der Waals surface area (Å²) in [6, 6.07) is 4.39. The van der Waals surface area contributed by atoms with Crippen LogP contribution in [0.5, 0.6) is 0 Å². The zero-order chi connectivity index (χ0) is 13.9. The summed E-state index contributed by atoms with van der Waals surface area (Å²) in [5, 5.41) is 6.84. The Morgan fingerprint density at radius 3 is 2.53 bits per heavy atom. The van der Waals surface area contributed by atoms with Crippen LogP contribution in [0.4, 0.5) is 0 Å². The van der Waals surface area contributed by atoms with E-state index in [0.717, 1.165) is 12.2 Å². The Morgan fingerprint density at radius 1 is 1.26 bits per heavy atom. The van der Waals surface area contributed by atoms with Crippen molar-refractivity contribution in [3.63, 3.8) is 0 Å². The summed E-state index contributed by atoms with van der Waals surface area (Å²) in [5.41, 5.74) is 2.51. The number of thiazole rings is 1. The van der Waals surface area contributed by atoms with Crippen LogP contribution in [-0.2, 0) is 12.0 Å². The highest BCUT2D eigenvalue weighted by Gasteiger charge is 2.18. The zero-order valence-electron chi connectivity index (χ0n) is 12.0. The normalized spacial score (nSPS) is 13.5. The summed E-state index contributed by atoms with van der Waals surface area (Å²) in [5.74, 6) is 0. The lowest BCUT2D eigenvalue weighted by atomic mass is 9.98. The average Bonchev–Trinajstić information content (AvgIpc) is 2.86. The molecule has 102 valence electrons. The molecule has 0 fully saturated rings. The summed E-state index contributed by atoms with van der Waals surface area (Å²) < 4.78 is 0. The van der Waals surface area contributed by atoms with Crippen LogP contribution in [0.1, 0.15) is 50.0 Å². The first-order chi connectivity index (χ1) is 8.97. The SMILES string of the molecule is C[C@@H](NCc1csc(C(C)(C)C)n1)c1ccncc1. The summed E-state index contributed by atoms with van der Waals surface area (Å²) in [6.45, 7) is 9.55. The Bertz CT molecular complexity index is 514. The van der Waals surface area contributed by atoms with Crippen LogP contribution in [-0.4, -0.2) is 9.97 Å². The molecule has 0 saturated carbocycles. The van der Waals surface area contributed by atoms with Crippen LogP contribution < -0.4 is 5.32 Å². The minimum absolute atomic E-state index is 0.139. The van der Waals surface area contributed by atoms with Gasteiger partial charge in [-0.25, -0.2) is 4.98 Å². The second-order valence-corrected chi connectivity index (χ2v) is 6.64. The zero-order valence-corrected chi connectivity index (χ0v) is 12.8. The van der Waals surface area contributed by atoms with Gasteiger partial charge in [0.1, 0.15) is 0 Å². The third-order valence-electron chi connectivity index (χ3n) is 2.99. The van der Waals surface area contributed by atoms with E-state index in [1.807, 2.05) is 24.5 Å². The van der Waals surface area contributed by atoms with E-state index in [2.05, 4.69) is 43.4 Å². The first-order valence-corrected chi connectivity index (χ1v) is 7.43. The predicted molar refractivity (Wildman–Crippen MR) is 80.3 cm³/mol. The molecule has 2 rings (SSSR count). The lowest BCUT2D eigenvalue weighted by Gasteiger charge is -2.14. The number of aromatic nitrogens is 2. The van der Waals surface area contributed by atoms with E-state index in [9.17, 15) is 0 Å². The highest BCUT2D eigenvalue weighted by atomic mass is 32.1. The van der Waals surface area contributed by atoms with Gasteiger partial charge in [0.05, 0.1) is 10.7 Å². The Morgan fingerprint density at radius 2 is 1.95 bits per heavy atom. The van der Waals surface area contributed by atoms with E-state index in [0.29, 0.717) is 6.04 Å². The van der Waals surface area contributed by atoms with Gasteiger partial charge in [0, 0.05) is 35.8 Å². The van der Waals surface area contributed by atoms with E-state index in [1.54, 1.807) is 11.3 Å². The number of rotatable bonds is 4. The summed E-state index contributed by atoms with van der Waals surface area (Å²) in [7, 11) is 0. The molecule has 0 aliphatic carbocycles. The molecule has 0 amide bonds. The molecule has 2 aromatic heterocycles. The fourth-order valence-corrected chi connectivity index (χ4v) is 2.67. The molecule has 0 aromatic carbocycles. The van der Waals surface area contributed by atoms with E-state index in [-0.39, 0.29) is 5.41 Å². The van der Waals surface area contributed by atoms with Gasteiger partial charge in [0.2, 0.25) is 0 Å². The van der Waals surface area contributed by atoms with Crippen LogP contribution in [0.3, 0.4) is 0 Å². The predicted octanol–water partition coefficient (Wildman–Crippen LogP) is 3.69. The second kappa shape index (κ2) is 5.80. The van der Waals surface area contributed by atoms with Crippen LogP contribution in [0.25, 0.3) is 0 Å². The molecule has 0 aliphatic rings. The van der Waals surface area contributed by atoms with Crippen molar-refractivity contribution >= 4 is 11.3 Å². The lowest BCUT2D eigenvalue weighted by molar-refractivity contribution is 0.556. The van der Waals surface area contributed by atoms with Gasteiger partial charge in [0.15, 0.2) is 0 Å². The first-order valence-electron chi connectivity index (χ1n) is 6.55. The standard InChI is InChI=1S/C15H21N3S/c1-11(12-5-7-16-8-6-12)17-9-13-10-19-14(18-13)15(2,3)4/h5-8,10-11,17H,9H2,1-4H3/t11-/m1/s1. The maximum atomic E-state index is 4.69. The molecule has 0 saturated heterocycles. The fraction of sp³-hybridized carbons (Fsp3) is 0.467. The van der Waals surface area contributed by atoms with Gasteiger partial charge in [-0.15, -0.1) is 11.3 Å². The Labute approximate surface area is 119 Å². The van der Waals surface area contributed by atoms with Crippen molar-refractivity contribution < 1.29 is 0 Å². The van der Waals surface area contributed by atoms with Crippen LogP contribution >= 0.6 is 11.3 Å². The van der Waals surface area contributed by atoms with Gasteiger partial charge in [-0.1, -0.05) is 20.8 Å². The van der Waals surface area contributed by atoms with Crippen molar-refractivity contribution in [3.05, 3.63) is 46.2 Å². The molecule has 1 atom stereocenters. The number of pyridine rings is 1. The maximum absolute atomic E-state index is 4.69. The molecule has 0 bridgehead atoms. The maximum Gasteiger partial charge on any atom is 0.0982 e. The lowest BCUT2D eigenvalue weighted by Crippen LogP contribution is -2.18. The summed E-state index contributed by atoms with van der Waals surface area (Å²) in [4.78, 5) is 8.73. The van der Waals surface area contributed by atoms with Gasteiger partial charge in [0.25, 0.3) is 0 Å². The molecule has 19 heavy (non-hydrogen) atoms. The highest BCUT2D eigenvalue weighted by Crippen LogP contribution is 2.25. The number of hydrogen-bond donors (Lipinski definition) is 1. The Balaban J connectivity index is 1.94. The van der Waals surface area contributed by atoms with E-state index in [4.69, 9.17) is 4.98 Å². The molecule has 2 aromatic rings. The molecule has 0 spiro atoms. The van der Waals surface area contributed by atoms with Crippen LogP contribution in [0, 0.1) is 0 Å². The van der Waals surface area contributed by atoms with Gasteiger partial charge in [-0.05, 0) is 24.6 Å².